The molecular formula is C19H24ClN3O7. The number of halogens is 1. The van der Waals surface area contributed by atoms with Gasteiger partial charge in [0.2, 0.25) is 5.91 Å². The van der Waals surface area contributed by atoms with Crippen molar-refractivity contribution in [3.8, 4) is 0 Å². The van der Waals surface area contributed by atoms with Gasteiger partial charge < -0.3 is 25.8 Å². The van der Waals surface area contributed by atoms with Gasteiger partial charge in [-0.3, -0.25) is 19.2 Å². The van der Waals surface area contributed by atoms with Gasteiger partial charge in [-0.05, 0) is 39.8 Å². The highest BCUT2D eigenvalue weighted by molar-refractivity contribution is 6.41. The molecule has 2 atom stereocenters. The zero-order chi connectivity index (χ0) is 23.1. The molecule has 164 valence electrons. The van der Waals surface area contributed by atoms with Crippen LogP contribution in [0.2, 0.25) is 5.02 Å². The summed E-state index contributed by atoms with van der Waals surface area (Å²) >= 11 is 5.89. The van der Waals surface area contributed by atoms with E-state index < -0.39 is 53.8 Å². The van der Waals surface area contributed by atoms with E-state index in [9.17, 15) is 29.1 Å². The molecule has 0 spiro atoms. The van der Waals surface area contributed by atoms with Crippen LogP contribution in [0.3, 0.4) is 0 Å². The summed E-state index contributed by atoms with van der Waals surface area (Å²) in [4.78, 5) is 59.3. The summed E-state index contributed by atoms with van der Waals surface area (Å²) in [5, 5.41) is 16.0. The quantitative estimate of drug-likeness (QED) is 0.365. The van der Waals surface area contributed by atoms with Crippen molar-refractivity contribution in [3.05, 3.63) is 29.3 Å². The Bertz CT molecular complexity index is 836. The van der Waals surface area contributed by atoms with Gasteiger partial charge >= 0.3 is 23.8 Å². The minimum absolute atomic E-state index is 0.208. The average molecular weight is 442 g/mol. The fourth-order valence-corrected chi connectivity index (χ4v) is 2.30. The van der Waals surface area contributed by atoms with E-state index in [2.05, 4.69) is 16.0 Å². The van der Waals surface area contributed by atoms with Gasteiger partial charge in [0.25, 0.3) is 0 Å². The molecule has 0 aliphatic heterocycles. The molecule has 0 fully saturated rings. The van der Waals surface area contributed by atoms with Crippen molar-refractivity contribution in [2.24, 2.45) is 0 Å². The van der Waals surface area contributed by atoms with Gasteiger partial charge in [-0.15, -0.1) is 0 Å². The van der Waals surface area contributed by atoms with Crippen LogP contribution in [-0.4, -0.2) is 52.5 Å². The number of para-hydroxylation sites is 1. The van der Waals surface area contributed by atoms with E-state index in [1.165, 1.54) is 19.1 Å². The lowest BCUT2D eigenvalue weighted by Gasteiger charge is -2.22. The molecule has 11 heteroatoms. The Morgan fingerprint density at radius 1 is 1.07 bits per heavy atom. The Morgan fingerprint density at radius 3 is 2.20 bits per heavy atom. The van der Waals surface area contributed by atoms with Crippen LogP contribution >= 0.6 is 11.6 Å². The van der Waals surface area contributed by atoms with Gasteiger partial charge in [0.1, 0.15) is 17.7 Å². The van der Waals surface area contributed by atoms with Gasteiger partial charge in [0.05, 0.1) is 17.1 Å². The third-order valence-corrected chi connectivity index (χ3v) is 3.80. The summed E-state index contributed by atoms with van der Waals surface area (Å²) in [5.41, 5.74) is -0.611. The topological polar surface area (TPSA) is 151 Å². The maximum atomic E-state index is 12.2. The number of hydrogen-bond acceptors (Lipinski definition) is 6. The molecule has 0 saturated carbocycles. The van der Waals surface area contributed by atoms with Crippen molar-refractivity contribution in [1.82, 2.24) is 10.6 Å². The molecule has 0 radical (unpaired) electrons. The van der Waals surface area contributed by atoms with Crippen LogP contribution in [0.15, 0.2) is 24.3 Å². The predicted octanol–water partition coefficient (Wildman–Crippen LogP) is 1.08. The van der Waals surface area contributed by atoms with Gasteiger partial charge in [0, 0.05) is 0 Å². The number of hydrogen-bond donors (Lipinski definition) is 4. The van der Waals surface area contributed by atoms with Gasteiger partial charge in [-0.25, -0.2) is 4.79 Å². The first kappa shape index (κ1) is 24.9. The molecule has 1 aromatic rings. The number of carbonyl (C=O) groups excluding carboxylic acids is 4. The van der Waals surface area contributed by atoms with E-state index in [1.54, 1.807) is 32.9 Å². The van der Waals surface area contributed by atoms with Crippen LogP contribution in [0.5, 0.6) is 0 Å². The van der Waals surface area contributed by atoms with Crippen molar-refractivity contribution >= 4 is 46.9 Å². The predicted molar refractivity (Wildman–Crippen MR) is 108 cm³/mol. The lowest BCUT2D eigenvalue weighted by molar-refractivity contribution is -0.158. The summed E-state index contributed by atoms with van der Waals surface area (Å²) in [6, 6.07) is 3.42. The standard InChI is InChI=1S/C19H24ClN3O7/c1-10(21-16(26)17(27)22-12-8-6-5-7-11(12)20)15(25)23-13(18(28)29)9-14(24)30-19(2,3)4/h5-8,10,13H,9H2,1-4H3,(H,21,26)(H,22,27)(H,23,25)(H,28,29)/t10-,13-/m0/s1. The second-order valence-corrected chi connectivity index (χ2v) is 7.73. The number of carboxylic acid groups (broad SMARTS) is 1. The fraction of sp³-hybridized carbons (Fsp3) is 0.421. The molecule has 3 amide bonds. The van der Waals surface area contributed by atoms with Crippen LogP contribution < -0.4 is 16.0 Å². The van der Waals surface area contributed by atoms with Crippen molar-refractivity contribution in [2.45, 2.75) is 51.8 Å². The number of benzene rings is 1. The molecule has 0 aromatic heterocycles. The lowest BCUT2D eigenvalue weighted by atomic mass is 10.1. The maximum absolute atomic E-state index is 12.2. The summed E-state index contributed by atoms with van der Waals surface area (Å²) in [6.07, 6.45) is -0.605. The number of amides is 3. The third kappa shape index (κ3) is 8.48. The Labute approximate surface area is 178 Å². The molecule has 0 unspecified atom stereocenters. The molecule has 1 aromatic carbocycles. The first-order valence-electron chi connectivity index (χ1n) is 8.91. The molecule has 4 N–H and O–H groups in total. The van der Waals surface area contributed by atoms with E-state index in [-0.39, 0.29) is 10.7 Å². The number of anilines is 1. The highest BCUT2D eigenvalue weighted by Crippen LogP contribution is 2.20. The molecule has 10 nitrogen and oxygen atoms in total. The van der Waals surface area contributed by atoms with Crippen molar-refractivity contribution in [3.63, 3.8) is 0 Å². The van der Waals surface area contributed by atoms with Crippen molar-refractivity contribution in [2.75, 3.05) is 5.32 Å². The molecule has 0 saturated heterocycles. The van der Waals surface area contributed by atoms with E-state index in [0.29, 0.717) is 0 Å². The lowest BCUT2D eigenvalue weighted by Crippen LogP contribution is -2.52. The third-order valence-electron chi connectivity index (χ3n) is 3.47. The number of carboxylic acids is 1. The molecule has 0 heterocycles. The number of esters is 1. The smallest absolute Gasteiger partial charge is 0.326 e. The van der Waals surface area contributed by atoms with Crippen LogP contribution in [0, 0.1) is 0 Å². The Balaban J connectivity index is 2.65. The normalized spacial score (nSPS) is 12.8. The van der Waals surface area contributed by atoms with Crippen LogP contribution in [0.25, 0.3) is 0 Å². The van der Waals surface area contributed by atoms with Crippen LogP contribution in [-0.2, 0) is 28.7 Å². The molecule has 30 heavy (non-hydrogen) atoms. The van der Waals surface area contributed by atoms with E-state index in [0.717, 1.165) is 0 Å². The van der Waals surface area contributed by atoms with Crippen LogP contribution in [0.4, 0.5) is 5.69 Å². The Morgan fingerprint density at radius 2 is 1.67 bits per heavy atom. The fourth-order valence-electron chi connectivity index (χ4n) is 2.12. The van der Waals surface area contributed by atoms with E-state index in [4.69, 9.17) is 16.3 Å². The average Bonchev–Trinajstić information content (AvgIpc) is 2.61. The summed E-state index contributed by atoms with van der Waals surface area (Å²) in [5.74, 6) is -5.36. The molecular weight excluding hydrogens is 418 g/mol. The zero-order valence-corrected chi connectivity index (χ0v) is 17.7. The van der Waals surface area contributed by atoms with Gasteiger partial charge in [0.15, 0.2) is 0 Å². The first-order valence-corrected chi connectivity index (χ1v) is 9.29. The summed E-state index contributed by atoms with van der Waals surface area (Å²) in [6.45, 7) is 6.10. The zero-order valence-electron chi connectivity index (χ0n) is 16.9. The monoisotopic (exact) mass is 441 g/mol. The second kappa shape index (κ2) is 10.6. The number of rotatable bonds is 7. The minimum Gasteiger partial charge on any atom is -0.480 e. The van der Waals surface area contributed by atoms with Crippen LogP contribution in [0.1, 0.15) is 34.1 Å². The first-order chi connectivity index (χ1) is 13.8. The highest BCUT2D eigenvalue weighted by atomic mass is 35.5. The second-order valence-electron chi connectivity index (χ2n) is 7.32. The molecule has 1 rings (SSSR count). The summed E-state index contributed by atoms with van der Waals surface area (Å²) in [7, 11) is 0. The number of ether oxygens (including phenoxy) is 1. The maximum Gasteiger partial charge on any atom is 0.326 e. The van der Waals surface area contributed by atoms with E-state index in [1.807, 2.05) is 0 Å². The molecule has 0 aliphatic rings. The van der Waals surface area contributed by atoms with E-state index >= 15 is 0 Å². The Hall–Kier alpha value is -3.14. The van der Waals surface area contributed by atoms with Gasteiger partial charge in [-0.1, -0.05) is 23.7 Å². The SMILES string of the molecule is C[C@H](NC(=O)C(=O)Nc1ccccc1Cl)C(=O)N[C@@H](CC(=O)OC(C)(C)C)C(=O)O. The molecule has 0 bridgehead atoms. The minimum atomic E-state index is -1.57. The van der Waals surface area contributed by atoms with Crippen molar-refractivity contribution < 1.29 is 33.8 Å². The summed E-state index contributed by atoms with van der Waals surface area (Å²) < 4.78 is 5.04. The van der Waals surface area contributed by atoms with Gasteiger partial charge in [-0.2, -0.15) is 0 Å². The molecule has 0 aliphatic carbocycles. The number of nitrogens with one attached hydrogen (secondary N) is 3. The Kier molecular flexibility index (Phi) is 8.78. The number of carbonyl (C=O) groups is 5. The largest absolute Gasteiger partial charge is 0.480 e. The number of aliphatic carboxylic acids is 1. The van der Waals surface area contributed by atoms with Crippen molar-refractivity contribution in [1.29, 1.82) is 0 Å². The highest BCUT2D eigenvalue weighted by Gasteiger charge is 2.29.